The number of hydrogen-bond acceptors (Lipinski definition) is 9. The number of likely N-dealkylation sites (tertiary alicyclic amines) is 1. The van der Waals surface area contributed by atoms with Crippen molar-refractivity contribution in [3.63, 3.8) is 0 Å². The number of aromatic nitrogens is 6. The Kier molecular flexibility index (Phi) is 7.28. The molecular formula is C33H33N7O3. The monoisotopic (exact) mass is 575 g/mol. The lowest BCUT2D eigenvalue weighted by molar-refractivity contribution is 0.114. The van der Waals surface area contributed by atoms with Gasteiger partial charge < -0.3 is 14.4 Å². The topological polar surface area (TPSA) is 108 Å². The molecule has 2 fully saturated rings. The van der Waals surface area contributed by atoms with Gasteiger partial charge in [-0.25, -0.2) is 19.9 Å². The molecule has 10 heteroatoms. The molecule has 4 aromatic heterocycles. The van der Waals surface area contributed by atoms with E-state index in [2.05, 4.69) is 31.9 Å². The van der Waals surface area contributed by atoms with Gasteiger partial charge in [-0.2, -0.15) is 0 Å². The summed E-state index contributed by atoms with van der Waals surface area (Å²) in [6, 6.07) is 15.3. The van der Waals surface area contributed by atoms with E-state index in [0.29, 0.717) is 35.4 Å². The SMILES string of the molecule is COc1ncnc(C2CC2)c1-c1ncc2ccc(=O)n(Cc3ccc(-c4ncccc4OC4CCN(C)CC4)cc3)c2n1. The fourth-order valence-corrected chi connectivity index (χ4v) is 5.69. The predicted molar refractivity (Wildman–Crippen MR) is 163 cm³/mol. The molecule has 1 aromatic carbocycles. The lowest BCUT2D eigenvalue weighted by Gasteiger charge is -2.29. The smallest absolute Gasteiger partial charge is 0.252 e. The maximum atomic E-state index is 13.2. The second-order valence-corrected chi connectivity index (χ2v) is 11.3. The molecule has 1 saturated carbocycles. The summed E-state index contributed by atoms with van der Waals surface area (Å²) in [6.07, 6.45) is 9.36. The molecule has 0 radical (unpaired) electrons. The third kappa shape index (κ3) is 5.58. The van der Waals surface area contributed by atoms with Crippen LogP contribution in [0.3, 0.4) is 0 Å². The average molecular weight is 576 g/mol. The first kappa shape index (κ1) is 27.2. The highest BCUT2D eigenvalue weighted by atomic mass is 16.5. The molecule has 0 N–H and O–H groups in total. The molecule has 5 heterocycles. The summed E-state index contributed by atoms with van der Waals surface area (Å²) in [5.41, 5.74) is 4.73. The second kappa shape index (κ2) is 11.5. The summed E-state index contributed by atoms with van der Waals surface area (Å²) in [4.78, 5) is 38.5. The highest BCUT2D eigenvalue weighted by Crippen LogP contribution is 2.44. The fraction of sp³-hybridized carbons (Fsp3) is 0.333. The van der Waals surface area contributed by atoms with Crippen LogP contribution in [-0.4, -0.2) is 67.7 Å². The number of fused-ring (bicyclic) bond motifs is 1. The van der Waals surface area contributed by atoms with E-state index in [-0.39, 0.29) is 11.7 Å². The molecule has 43 heavy (non-hydrogen) atoms. The standard InChI is InChI=1S/C33H33N7O3/c1-39-16-13-25(14-17-39)43-26-4-3-15-34-29(26)22-7-5-21(6-8-22)19-40-27(41)12-11-24-18-35-31(38-32(24)40)28-30(23-9-10-23)36-20-37-33(28)42-2/h3-8,11-12,15,18,20,23,25H,9-10,13-14,16-17,19H2,1-2H3. The van der Waals surface area contributed by atoms with Crippen LogP contribution in [0.2, 0.25) is 0 Å². The first-order chi connectivity index (χ1) is 21.1. The third-order valence-corrected chi connectivity index (χ3v) is 8.24. The Morgan fingerprint density at radius 3 is 2.51 bits per heavy atom. The first-order valence-corrected chi connectivity index (χ1v) is 14.7. The Hall–Kier alpha value is -4.70. The van der Waals surface area contributed by atoms with Crippen LogP contribution in [0.15, 0.2) is 72.0 Å². The van der Waals surface area contributed by atoms with Gasteiger partial charge in [0, 0.05) is 48.4 Å². The quantitative estimate of drug-likeness (QED) is 0.260. The van der Waals surface area contributed by atoms with E-state index in [9.17, 15) is 4.79 Å². The molecule has 1 aliphatic carbocycles. The normalized spacial score (nSPS) is 16.0. The molecule has 0 unspecified atom stereocenters. The van der Waals surface area contributed by atoms with Crippen molar-refractivity contribution in [2.24, 2.45) is 0 Å². The molecule has 2 aliphatic rings. The Labute approximate surface area is 249 Å². The number of methoxy groups -OCH3 is 1. The summed E-state index contributed by atoms with van der Waals surface area (Å²) in [5.74, 6) is 2.03. The maximum Gasteiger partial charge on any atom is 0.252 e. The van der Waals surface area contributed by atoms with Crippen molar-refractivity contribution in [1.29, 1.82) is 0 Å². The van der Waals surface area contributed by atoms with Gasteiger partial charge in [0.2, 0.25) is 5.88 Å². The summed E-state index contributed by atoms with van der Waals surface area (Å²) in [7, 11) is 3.73. The number of benzene rings is 1. The van der Waals surface area contributed by atoms with Gasteiger partial charge in [0.1, 0.15) is 35.1 Å². The number of rotatable bonds is 8. The maximum absolute atomic E-state index is 13.2. The molecule has 1 aliphatic heterocycles. The fourth-order valence-electron chi connectivity index (χ4n) is 5.69. The van der Waals surface area contributed by atoms with Crippen molar-refractivity contribution in [2.75, 3.05) is 27.2 Å². The molecule has 10 nitrogen and oxygen atoms in total. The van der Waals surface area contributed by atoms with E-state index in [1.807, 2.05) is 36.4 Å². The number of ether oxygens (including phenoxy) is 2. The van der Waals surface area contributed by atoms with E-state index in [0.717, 1.165) is 72.4 Å². The molecule has 5 aromatic rings. The minimum atomic E-state index is -0.140. The van der Waals surface area contributed by atoms with Crippen molar-refractivity contribution >= 4 is 11.0 Å². The Morgan fingerprint density at radius 1 is 0.930 bits per heavy atom. The lowest BCUT2D eigenvalue weighted by Crippen LogP contribution is -2.35. The van der Waals surface area contributed by atoms with Gasteiger partial charge in [0.25, 0.3) is 5.56 Å². The summed E-state index contributed by atoms with van der Waals surface area (Å²) in [5, 5.41) is 0.771. The highest BCUT2D eigenvalue weighted by Gasteiger charge is 2.31. The summed E-state index contributed by atoms with van der Waals surface area (Å²) < 4.78 is 13.6. The molecular weight excluding hydrogens is 542 g/mol. The van der Waals surface area contributed by atoms with E-state index in [1.165, 1.54) is 6.33 Å². The number of hydrogen-bond donors (Lipinski definition) is 0. The Bertz CT molecular complexity index is 1830. The van der Waals surface area contributed by atoms with E-state index >= 15 is 0 Å². The van der Waals surface area contributed by atoms with Crippen LogP contribution in [0.1, 0.15) is 42.9 Å². The predicted octanol–water partition coefficient (Wildman–Crippen LogP) is 4.72. The largest absolute Gasteiger partial charge is 0.488 e. The van der Waals surface area contributed by atoms with Gasteiger partial charge in [0.15, 0.2) is 5.82 Å². The minimum Gasteiger partial charge on any atom is -0.488 e. The van der Waals surface area contributed by atoms with Crippen LogP contribution in [0, 0.1) is 0 Å². The van der Waals surface area contributed by atoms with E-state index in [4.69, 9.17) is 14.5 Å². The van der Waals surface area contributed by atoms with Gasteiger partial charge in [-0.15, -0.1) is 0 Å². The molecule has 0 spiro atoms. The van der Waals surface area contributed by atoms with Gasteiger partial charge in [-0.05, 0) is 56.5 Å². The summed E-state index contributed by atoms with van der Waals surface area (Å²) in [6.45, 7) is 2.42. The first-order valence-electron chi connectivity index (χ1n) is 14.7. The van der Waals surface area contributed by atoms with Crippen LogP contribution in [-0.2, 0) is 6.54 Å². The minimum absolute atomic E-state index is 0.140. The molecule has 7 rings (SSSR count). The zero-order chi connectivity index (χ0) is 29.3. The second-order valence-electron chi connectivity index (χ2n) is 11.3. The highest BCUT2D eigenvalue weighted by molar-refractivity contribution is 5.78. The van der Waals surface area contributed by atoms with Gasteiger partial charge in [0.05, 0.1) is 19.3 Å². The van der Waals surface area contributed by atoms with Crippen LogP contribution in [0.5, 0.6) is 11.6 Å². The Morgan fingerprint density at radius 2 is 1.74 bits per heavy atom. The molecule has 0 atom stereocenters. The van der Waals surface area contributed by atoms with Crippen molar-refractivity contribution in [3.8, 4) is 34.3 Å². The third-order valence-electron chi connectivity index (χ3n) is 8.24. The number of nitrogens with zero attached hydrogens (tertiary/aromatic N) is 7. The van der Waals surface area contributed by atoms with Crippen LogP contribution < -0.4 is 15.0 Å². The number of piperidine rings is 1. The van der Waals surface area contributed by atoms with Crippen LogP contribution >= 0.6 is 0 Å². The van der Waals surface area contributed by atoms with Crippen LogP contribution in [0.4, 0.5) is 0 Å². The molecule has 218 valence electrons. The van der Waals surface area contributed by atoms with Crippen molar-refractivity contribution < 1.29 is 9.47 Å². The zero-order valence-electron chi connectivity index (χ0n) is 24.3. The van der Waals surface area contributed by atoms with Gasteiger partial charge in [-0.1, -0.05) is 24.3 Å². The lowest BCUT2D eigenvalue weighted by atomic mass is 10.1. The van der Waals surface area contributed by atoms with Gasteiger partial charge in [-0.3, -0.25) is 14.3 Å². The van der Waals surface area contributed by atoms with E-state index in [1.54, 1.807) is 36.2 Å². The molecule has 0 bridgehead atoms. The zero-order valence-corrected chi connectivity index (χ0v) is 24.3. The van der Waals surface area contributed by atoms with Crippen LogP contribution in [0.25, 0.3) is 33.7 Å². The Balaban J connectivity index is 1.19. The van der Waals surface area contributed by atoms with Gasteiger partial charge >= 0.3 is 0 Å². The molecule has 1 saturated heterocycles. The average Bonchev–Trinajstić information content (AvgIpc) is 3.89. The van der Waals surface area contributed by atoms with Crippen molar-refractivity contribution in [3.05, 3.63) is 88.9 Å². The van der Waals surface area contributed by atoms with Crippen molar-refractivity contribution in [1.82, 2.24) is 34.4 Å². The summed E-state index contributed by atoms with van der Waals surface area (Å²) >= 11 is 0. The number of pyridine rings is 2. The van der Waals surface area contributed by atoms with E-state index < -0.39 is 0 Å². The molecule has 0 amide bonds. The van der Waals surface area contributed by atoms with Crippen molar-refractivity contribution in [2.45, 2.75) is 44.2 Å².